The molecule has 7 aromatic rings. The summed E-state index contributed by atoms with van der Waals surface area (Å²) in [5, 5.41) is 0. The zero-order valence-electron chi connectivity index (χ0n) is 26.4. The SMILES string of the molecule is [Cl][Pb]([c]1ccccc1)([c]1ccccc1)[c]1ccccc1.[N-]=[N+]=[N-].c1cc[c]([Sb+]([c]2ccccc2)([c]2ccccc2)[c]2ccccc2)cc1. The molecule has 234 valence electrons. The van der Waals surface area contributed by atoms with Gasteiger partial charge in [0.05, 0.1) is 0 Å². The molecule has 7 rings (SSSR count). The van der Waals surface area contributed by atoms with E-state index in [-0.39, 0.29) is 0 Å². The van der Waals surface area contributed by atoms with Crippen molar-refractivity contribution in [2.24, 2.45) is 0 Å². The van der Waals surface area contributed by atoms with Gasteiger partial charge in [0.15, 0.2) is 0 Å². The molecule has 0 aliphatic carbocycles. The van der Waals surface area contributed by atoms with Crippen molar-refractivity contribution in [2.75, 3.05) is 0 Å². The molecule has 0 aliphatic rings. The first kappa shape index (κ1) is 35.2. The van der Waals surface area contributed by atoms with Crippen LogP contribution >= 0.6 is 8.32 Å². The van der Waals surface area contributed by atoms with Gasteiger partial charge < -0.3 is 11.1 Å². The molecule has 0 N–H and O–H groups in total. The standard InChI is InChI=1S/7C6H5.ClH.N3.Pb.Sb/c7*1-2-4-6-5-3-1;;1-3-2;;/h7*1-5H;1H;;;/q;;;;;;;;-1;2*+1/p-1. The van der Waals surface area contributed by atoms with Crippen LogP contribution in [0.2, 0.25) is 0 Å². The van der Waals surface area contributed by atoms with Gasteiger partial charge >= 0.3 is 283 Å². The quantitative estimate of drug-likeness (QED) is 0.0730. The van der Waals surface area contributed by atoms with Gasteiger partial charge in [0.25, 0.3) is 0 Å². The van der Waals surface area contributed by atoms with Crippen LogP contribution in [0.5, 0.6) is 0 Å². The predicted molar refractivity (Wildman–Crippen MR) is 210 cm³/mol. The molecule has 0 radical (unpaired) electrons. The summed E-state index contributed by atoms with van der Waals surface area (Å²) in [6.45, 7) is 0. The van der Waals surface area contributed by atoms with E-state index in [9.17, 15) is 0 Å². The molecule has 0 saturated heterocycles. The average molecular weight is 946 g/mol. The summed E-state index contributed by atoms with van der Waals surface area (Å²) < 4.78 is 9.82. The van der Waals surface area contributed by atoms with Crippen molar-refractivity contribution >= 4 is 70.5 Å². The number of hydrogen-bond acceptors (Lipinski definition) is 0. The Kier molecular flexibility index (Phi) is 13.1. The van der Waals surface area contributed by atoms with Crippen LogP contribution < -0.4 is 23.4 Å². The van der Waals surface area contributed by atoms with Crippen LogP contribution in [0.15, 0.2) is 212 Å². The average Bonchev–Trinajstić information content (AvgIpc) is 3.18. The number of hydrogen-bond donors (Lipinski definition) is 0. The van der Waals surface area contributed by atoms with Gasteiger partial charge in [-0.3, -0.25) is 4.91 Å². The molecule has 0 fully saturated rings. The van der Waals surface area contributed by atoms with Crippen molar-refractivity contribution in [3.8, 4) is 0 Å². The normalized spacial score (nSPS) is 10.7. The Morgan fingerprint density at radius 2 is 0.500 bits per heavy atom. The van der Waals surface area contributed by atoms with Crippen molar-refractivity contribution in [1.29, 1.82) is 0 Å². The first-order valence-corrected chi connectivity index (χ1v) is 31.3. The fraction of sp³-hybridized carbons (Fsp3) is 0. The van der Waals surface area contributed by atoms with Gasteiger partial charge in [0.2, 0.25) is 0 Å². The van der Waals surface area contributed by atoms with Crippen molar-refractivity contribution in [3.63, 3.8) is 0 Å². The van der Waals surface area contributed by atoms with E-state index >= 15 is 0 Å². The Labute approximate surface area is 296 Å². The Balaban J connectivity index is 0.000000177. The molecule has 7 aromatic carbocycles. The second kappa shape index (κ2) is 17.9. The molecule has 0 saturated carbocycles. The summed E-state index contributed by atoms with van der Waals surface area (Å²) >= 11 is -6.63. The molecule has 0 atom stereocenters. The number of rotatable bonds is 7. The monoisotopic (exact) mass is 945 g/mol. The predicted octanol–water partition coefficient (Wildman–Crippen LogP) is 6.82. The van der Waals surface area contributed by atoms with Crippen molar-refractivity contribution < 1.29 is 0 Å². The van der Waals surface area contributed by atoms with Gasteiger partial charge in [0.1, 0.15) is 0 Å². The van der Waals surface area contributed by atoms with E-state index in [1.54, 1.807) is 0 Å². The summed E-state index contributed by atoms with van der Waals surface area (Å²) in [7, 11) is 7.34. The molecule has 48 heavy (non-hydrogen) atoms. The van der Waals surface area contributed by atoms with E-state index in [0.717, 1.165) is 0 Å². The third-order valence-electron chi connectivity index (χ3n) is 8.09. The minimum absolute atomic E-state index is 1.30. The second-order valence-electron chi connectivity index (χ2n) is 10.9. The van der Waals surface area contributed by atoms with Crippen LogP contribution in [0.25, 0.3) is 16.0 Å². The molecular formula is C42H35ClN3PbSb. The van der Waals surface area contributed by atoms with Gasteiger partial charge in [-0.25, -0.2) is 0 Å². The van der Waals surface area contributed by atoms with Crippen molar-refractivity contribution in [3.05, 3.63) is 228 Å². The Bertz CT molecular complexity index is 1720. The fourth-order valence-corrected chi connectivity index (χ4v) is 33.0. The summed E-state index contributed by atoms with van der Waals surface area (Å²) in [6, 6.07) is 76.1. The van der Waals surface area contributed by atoms with Crippen molar-refractivity contribution in [1.82, 2.24) is 0 Å². The van der Waals surface area contributed by atoms with Gasteiger partial charge in [-0.1, -0.05) is 0 Å². The molecule has 0 aliphatic heterocycles. The number of halogens is 1. The summed E-state index contributed by atoms with van der Waals surface area (Å²) in [5.74, 6) is 0. The first-order chi connectivity index (χ1) is 23.7. The first-order valence-electron chi connectivity index (χ1n) is 15.6. The topological polar surface area (TPSA) is 58.7 Å². The van der Waals surface area contributed by atoms with Crippen LogP contribution in [-0.4, -0.2) is 38.8 Å². The molecule has 3 nitrogen and oxygen atoms in total. The number of benzene rings is 7. The van der Waals surface area contributed by atoms with E-state index in [0.29, 0.717) is 0 Å². The van der Waals surface area contributed by atoms with Gasteiger partial charge in [-0.15, -0.1) is 0 Å². The Morgan fingerprint density at radius 1 is 0.333 bits per heavy atom. The van der Waals surface area contributed by atoms with Crippen LogP contribution in [0.1, 0.15) is 0 Å². The van der Waals surface area contributed by atoms with Crippen LogP contribution in [0.3, 0.4) is 0 Å². The summed E-state index contributed by atoms with van der Waals surface area (Å²) in [5.41, 5.74) is 13.5. The number of nitrogens with zero attached hydrogens (tertiary/aromatic N) is 3. The van der Waals surface area contributed by atoms with E-state index in [1.807, 2.05) is 18.2 Å². The fourth-order valence-electron chi connectivity index (χ4n) is 6.00. The Hall–Kier alpha value is -4.12. The van der Waals surface area contributed by atoms with E-state index in [1.165, 1.54) is 28.3 Å². The molecule has 0 unspecified atom stereocenters. The van der Waals surface area contributed by atoms with Gasteiger partial charge in [0, 0.05) is 0 Å². The Morgan fingerprint density at radius 3 is 0.688 bits per heavy atom. The van der Waals surface area contributed by atoms with Gasteiger partial charge in [-0.05, 0) is 0 Å². The van der Waals surface area contributed by atoms with Crippen LogP contribution in [0.4, 0.5) is 0 Å². The second-order valence-corrected chi connectivity index (χ2v) is 37.4. The molecular weight excluding hydrogens is 911 g/mol. The van der Waals surface area contributed by atoms with E-state index in [4.69, 9.17) is 19.4 Å². The molecule has 0 amide bonds. The third-order valence-corrected chi connectivity index (χ3v) is 39.2. The maximum absolute atomic E-state index is 7.34. The van der Waals surface area contributed by atoms with Gasteiger partial charge in [-0.2, -0.15) is 0 Å². The summed E-state index contributed by atoms with van der Waals surface area (Å²) in [4.78, 5) is 1.50. The van der Waals surface area contributed by atoms with E-state index < -0.39 is 38.8 Å². The van der Waals surface area contributed by atoms with Crippen LogP contribution in [-0.2, 0) is 0 Å². The molecule has 0 bridgehead atoms. The van der Waals surface area contributed by atoms with E-state index in [2.05, 4.69) is 194 Å². The maximum atomic E-state index is 7.34. The zero-order chi connectivity index (χ0) is 33.5. The molecule has 6 heteroatoms. The summed E-state index contributed by atoms with van der Waals surface area (Å²) in [6.07, 6.45) is 0. The van der Waals surface area contributed by atoms with Crippen LogP contribution in [0, 0.1) is 0 Å². The third kappa shape index (κ3) is 7.94. The zero-order valence-corrected chi connectivity index (χ0v) is 33.6. The molecule has 0 heterocycles. The minimum atomic E-state index is -3.46. The molecule has 0 spiro atoms. The van der Waals surface area contributed by atoms with Crippen molar-refractivity contribution in [2.45, 2.75) is 0 Å². The molecule has 0 aromatic heterocycles.